The molecule has 3 atom stereocenters. The number of aliphatic carboxylic acids is 1. The Morgan fingerprint density at radius 1 is 1.17 bits per heavy atom. The molecule has 1 aliphatic heterocycles. The highest BCUT2D eigenvalue weighted by atomic mass is 16.6. The summed E-state index contributed by atoms with van der Waals surface area (Å²) in [5, 5.41) is 31.1. The Kier molecular flexibility index (Phi) is 8.08. The summed E-state index contributed by atoms with van der Waals surface area (Å²) in [6.07, 6.45) is 6.55. The van der Waals surface area contributed by atoms with Crippen LogP contribution < -0.4 is 5.32 Å². The average molecular weight is 494 g/mol. The van der Waals surface area contributed by atoms with Crippen LogP contribution in [-0.4, -0.2) is 72.3 Å². The number of carboxylic acid groups (broad SMARTS) is 1. The van der Waals surface area contributed by atoms with Gasteiger partial charge < -0.3 is 25.2 Å². The van der Waals surface area contributed by atoms with E-state index in [1.54, 1.807) is 34.6 Å². The lowest BCUT2D eigenvalue weighted by Crippen LogP contribution is -2.53. The molecule has 196 valence electrons. The maximum atomic E-state index is 13.7. The largest absolute Gasteiger partial charge is 0.480 e. The number of carbonyl (C=O) groups is 3. The van der Waals surface area contributed by atoms with E-state index in [9.17, 15) is 24.6 Å². The number of aliphatic hydroxyl groups is 1. The first-order valence-electron chi connectivity index (χ1n) is 12.4. The number of nitrogens with one attached hydrogen (secondary N) is 1. The van der Waals surface area contributed by atoms with E-state index in [0.717, 1.165) is 32.1 Å². The van der Waals surface area contributed by atoms with Gasteiger partial charge in [0, 0.05) is 13.0 Å². The van der Waals surface area contributed by atoms with Gasteiger partial charge in [0.1, 0.15) is 23.3 Å². The van der Waals surface area contributed by atoms with Crippen molar-refractivity contribution in [3.05, 3.63) is 11.9 Å². The number of hydrogen-bond acceptors (Lipinski definition) is 7. The lowest BCUT2D eigenvalue weighted by Gasteiger charge is -2.31. The van der Waals surface area contributed by atoms with E-state index in [2.05, 4.69) is 15.6 Å². The number of carbonyl (C=O) groups excluding carboxylic acids is 2. The Morgan fingerprint density at radius 3 is 2.40 bits per heavy atom. The van der Waals surface area contributed by atoms with Crippen LogP contribution in [0.25, 0.3) is 0 Å². The Morgan fingerprint density at radius 2 is 1.83 bits per heavy atom. The van der Waals surface area contributed by atoms with E-state index in [0.29, 0.717) is 12.1 Å². The van der Waals surface area contributed by atoms with Crippen LogP contribution in [0.4, 0.5) is 4.79 Å². The molecule has 0 unspecified atom stereocenters. The van der Waals surface area contributed by atoms with E-state index >= 15 is 0 Å². The molecule has 1 aromatic rings. The molecule has 1 aromatic heterocycles. The van der Waals surface area contributed by atoms with Gasteiger partial charge in [0.05, 0.1) is 17.9 Å². The minimum atomic E-state index is -1.23. The molecule has 2 aliphatic rings. The van der Waals surface area contributed by atoms with Crippen LogP contribution in [0.2, 0.25) is 0 Å². The van der Waals surface area contributed by atoms with E-state index < -0.39 is 47.3 Å². The summed E-state index contributed by atoms with van der Waals surface area (Å²) >= 11 is 0. The van der Waals surface area contributed by atoms with Crippen molar-refractivity contribution >= 4 is 18.0 Å². The number of aromatic nitrogens is 3. The van der Waals surface area contributed by atoms with Crippen molar-refractivity contribution in [2.24, 2.45) is 5.92 Å². The molecule has 0 spiro atoms. The first-order chi connectivity index (χ1) is 16.3. The van der Waals surface area contributed by atoms with Crippen molar-refractivity contribution < 1.29 is 29.3 Å². The molecule has 2 fully saturated rings. The van der Waals surface area contributed by atoms with Crippen LogP contribution in [0.5, 0.6) is 0 Å². The average Bonchev–Trinajstić information content (AvgIpc) is 3.39. The molecule has 0 aromatic carbocycles. The molecule has 2 amide bonds. The number of amides is 2. The first-order valence-corrected chi connectivity index (χ1v) is 12.4. The highest BCUT2D eigenvalue weighted by molar-refractivity contribution is 5.90. The highest BCUT2D eigenvalue weighted by Gasteiger charge is 2.45. The summed E-state index contributed by atoms with van der Waals surface area (Å²) in [6.45, 7) is 8.51. The molecular weight excluding hydrogens is 454 g/mol. The molecule has 11 nitrogen and oxygen atoms in total. The summed E-state index contributed by atoms with van der Waals surface area (Å²) in [5.41, 5.74) is -1.53. The van der Waals surface area contributed by atoms with Crippen molar-refractivity contribution in [3.8, 4) is 0 Å². The molecule has 1 saturated heterocycles. The molecule has 0 bridgehead atoms. The van der Waals surface area contributed by atoms with Crippen molar-refractivity contribution in [1.29, 1.82) is 0 Å². The quantitative estimate of drug-likeness (QED) is 0.525. The van der Waals surface area contributed by atoms with Gasteiger partial charge in [-0.05, 0) is 47.0 Å². The van der Waals surface area contributed by atoms with Gasteiger partial charge in [-0.15, -0.1) is 5.10 Å². The van der Waals surface area contributed by atoms with Gasteiger partial charge >= 0.3 is 12.1 Å². The Balaban J connectivity index is 1.84. The number of hydrogen-bond donors (Lipinski definition) is 3. The zero-order chi connectivity index (χ0) is 26.0. The monoisotopic (exact) mass is 493 g/mol. The van der Waals surface area contributed by atoms with Crippen LogP contribution in [0.1, 0.15) is 91.3 Å². The van der Waals surface area contributed by atoms with Gasteiger partial charge in [-0.3, -0.25) is 4.79 Å². The normalized spacial score (nSPS) is 22.6. The van der Waals surface area contributed by atoms with Crippen molar-refractivity contribution in [2.75, 3.05) is 6.54 Å². The number of carboxylic acids is 1. The molecule has 2 heterocycles. The zero-order valence-electron chi connectivity index (χ0n) is 21.4. The third-order valence-electron chi connectivity index (χ3n) is 6.68. The Bertz CT molecular complexity index is 912. The minimum absolute atomic E-state index is 0.0827. The SMILES string of the molecule is CC(C)(C)OC(=O)N[C@H](CC1CCCCC1)C(=O)N1C[C@@H](n2nncc2C(C)(C)O)C[C@H]1C(=O)O. The van der Waals surface area contributed by atoms with E-state index in [1.165, 1.54) is 15.8 Å². The van der Waals surface area contributed by atoms with Crippen molar-refractivity contribution in [3.63, 3.8) is 0 Å². The number of nitrogens with zero attached hydrogens (tertiary/aromatic N) is 4. The minimum Gasteiger partial charge on any atom is -0.480 e. The fourth-order valence-corrected chi connectivity index (χ4v) is 5.05. The predicted molar refractivity (Wildman–Crippen MR) is 126 cm³/mol. The van der Waals surface area contributed by atoms with Crippen LogP contribution in [0.3, 0.4) is 0 Å². The van der Waals surface area contributed by atoms with Crippen molar-refractivity contribution in [1.82, 2.24) is 25.2 Å². The van der Waals surface area contributed by atoms with E-state index in [1.807, 2.05) is 0 Å². The fraction of sp³-hybridized carbons (Fsp3) is 0.792. The third-order valence-corrected chi connectivity index (χ3v) is 6.68. The van der Waals surface area contributed by atoms with Gasteiger partial charge in [0.2, 0.25) is 5.91 Å². The van der Waals surface area contributed by atoms with Gasteiger partial charge in [-0.2, -0.15) is 0 Å². The molecule has 3 rings (SSSR count). The van der Waals surface area contributed by atoms with Crippen LogP contribution in [-0.2, 0) is 19.9 Å². The number of likely N-dealkylation sites (tertiary alicyclic amines) is 1. The number of alkyl carbamates (subject to hydrolysis) is 1. The smallest absolute Gasteiger partial charge is 0.408 e. The number of ether oxygens (including phenoxy) is 1. The number of rotatable bonds is 7. The maximum Gasteiger partial charge on any atom is 0.408 e. The molecule has 0 radical (unpaired) electrons. The molecule has 11 heteroatoms. The summed E-state index contributed by atoms with van der Waals surface area (Å²) in [6, 6.07) is -2.44. The maximum absolute atomic E-state index is 13.7. The molecule has 1 aliphatic carbocycles. The molecular formula is C24H39N5O6. The molecule has 1 saturated carbocycles. The second kappa shape index (κ2) is 10.5. The van der Waals surface area contributed by atoms with Crippen molar-refractivity contribution in [2.45, 2.75) is 109 Å². The lowest BCUT2D eigenvalue weighted by molar-refractivity contribution is -0.149. The lowest BCUT2D eigenvalue weighted by atomic mass is 9.84. The Hall–Kier alpha value is -2.69. The fourth-order valence-electron chi connectivity index (χ4n) is 5.05. The van der Waals surface area contributed by atoms with E-state index in [4.69, 9.17) is 4.74 Å². The summed E-state index contributed by atoms with van der Waals surface area (Å²) in [4.78, 5) is 39.8. The summed E-state index contributed by atoms with van der Waals surface area (Å²) in [5.74, 6) is -1.30. The second-order valence-corrected chi connectivity index (χ2v) is 11.3. The zero-order valence-corrected chi connectivity index (χ0v) is 21.4. The van der Waals surface area contributed by atoms with Gasteiger partial charge in [-0.1, -0.05) is 37.3 Å². The second-order valence-electron chi connectivity index (χ2n) is 11.3. The van der Waals surface area contributed by atoms with E-state index in [-0.39, 0.29) is 18.9 Å². The standard InChI is InChI=1S/C24H39N5O6/c1-23(2,3)35-22(33)26-17(11-15-9-7-6-8-10-15)20(30)28-14-16(12-18(28)21(31)32)29-19(13-25-27-29)24(4,5)34/h13,15-18,34H,6-12,14H2,1-5H3,(H,26,33)(H,31,32)/t16-,17+,18-/m0/s1. The van der Waals surface area contributed by atoms with Gasteiger partial charge in [0.15, 0.2) is 0 Å². The topological polar surface area (TPSA) is 147 Å². The Labute approximate surface area is 206 Å². The van der Waals surface area contributed by atoms with Crippen LogP contribution in [0, 0.1) is 5.92 Å². The molecule has 3 N–H and O–H groups in total. The van der Waals surface area contributed by atoms with Crippen LogP contribution >= 0.6 is 0 Å². The molecule has 35 heavy (non-hydrogen) atoms. The summed E-state index contributed by atoms with van der Waals surface area (Å²) in [7, 11) is 0. The van der Waals surface area contributed by atoms with Gasteiger partial charge in [-0.25, -0.2) is 14.3 Å². The van der Waals surface area contributed by atoms with Crippen LogP contribution in [0.15, 0.2) is 6.20 Å². The predicted octanol–water partition coefficient (Wildman–Crippen LogP) is 2.60. The third kappa shape index (κ3) is 6.93. The van der Waals surface area contributed by atoms with Gasteiger partial charge in [0.25, 0.3) is 0 Å². The highest BCUT2D eigenvalue weighted by Crippen LogP contribution is 2.33. The first kappa shape index (κ1) is 26.9. The summed E-state index contributed by atoms with van der Waals surface area (Å²) < 4.78 is 6.89.